The molecule has 140 valence electrons. The molecule has 3 aromatic rings. The van der Waals surface area contributed by atoms with E-state index in [9.17, 15) is 9.59 Å². The average Bonchev–Trinajstić information content (AvgIpc) is 3.26. The lowest BCUT2D eigenvalue weighted by molar-refractivity contribution is -0.118. The largest absolute Gasteiger partial charge is 0.356 e. The molecular formula is C18H17ClN4O2S2. The molecule has 6 nitrogen and oxygen atoms in total. The molecule has 0 radical (unpaired) electrons. The van der Waals surface area contributed by atoms with E-state index < -0.39 is 0 Å². The van der Waals surface area contributed by atoms with Gasteiger partial charge in [-0.2, -0.15) is 0 Å². The highest BCUT2D eigenvalue weighted by molar-refractivity contribution is 7.99. The van der Waals surface area contributed by atoms with Crippen molar-refractivity contribution in [3.05, 3.63) is 57.5 Å². The fourth-order valence-corrected chi connectivity index (χ4v) is 4.33. The number of para-hydroxylation sites is 1. The van der Waals surface area contributed by atoms with Crippen molar-refractivity contribution in [3.63, 3.8) is 0 Å². The Morgan fingerprint density at radius 2 is 1.96 bits per heavy atom. The molecule has 0 unspecified atom stereocenters. The van der Waals surface area contributed by atoms with Crippen LogP contribution in [0.4, 0.5) is 0 Å². The number of thiophene rings is 1. The number of hydrogen-bond acceptors (Lipinski definition) is 6. The zero-order valence-electron chi connectivity index (χ0n) is 14.5. The summed E-state index contributed by atoms with van der Waals surface area (Å²) in [5, 5.41) is 11.9. The maximum Gasteiger partial charge on any atom is 0.216 e. The number of nitrogens with one attached hydrogen (secondary N) is 1. The summed E-state index contributed by atoms with van der Waals surface area (Å²) < 4.78 is 2.51. The lowest BCUT2D eigenvalue weighted by Crippen LogP contribution is -2.23. The van der Waals surface area contributed by atoms with E-state index in [0.29, 0.717) is 27.3 Å². The van der Waals surface area contributed by atoms with Gasteiger partial charge in [0, 0.05) is 25.6 Å². The summed E-state index contributed by atoms with van der Waals surface area (Å²) in [5.74, 6) is 0.881. The Kier molecular flexibility index (Phi) is 6.65. The van der Waals surface area contributed by atoms with Crippen LogP contribution in [0, 0.1) is 0 Å². The molecule has 0 bridgehead atoms. The van der Waals surface area contributed by atoms with Crippen molar-refractivity contribution < 1.29 is 9.59 Å². The molecule has 1 amide bonds. The Hall–Kier alpha value is -2.16. The summed E-state index contributed by atoms with van der Waals surface area (Å²) in [6.45, 7) is 1.95. The highest BCUT2D eigenvalue weighted by atomic mass is 35.5. The third-order valence-electron chi connectivity index (χ3n) is 3.62. The van der Waals surface area contributed by atoms with Gasteiger partial charge in [0.25, 0.3) is 0 Å². The highest BCUT2D eigenvalue weighted by Crippen LogP contribution is 2.26. The summed E-state index contributed by atoms with van der Waals surface area (Å²) in [5.41, 5.74) is 0.912. The predicted octanol–water partition coefficient (Wildman–Crippen LogP) is 3.64. The van der Waals surface area contributed by atoms with Crippen molar-refractivity contribution in [1.82, 2.24) is 20.1 Å². The van der Waals surface area contributed by atoms with Crippen LogP contribution in [-0.4, -0.2) is 38.8 Å². The van der Waals surface area contributed by atoms with Crippen molar-refractivity contribution in [1.29, 1.82) is 0 Å². The summed E-state index contributed by atoms with van der Waals surface area (Å²) in [7, 11) is 0. The van der Waals surface area contributed by atoms with E-state index >= 15 is 0 Å². The average molecular weight is 421 g/mol. The molecular weight excluding hydrogens is 404 g/mol. The number of hydrogen-bond donors (Lipinski definition) is 1. The third kappa shape index (κ3) is 5.18. The van der Waals surface area contributed by atoms with Crippen LogP contribution >= 0.6 is 34.7 Å². The highest BCUT2D eigenvalue weighted by Gasteiger charge is 2.17. The van der Waals surface area contributed by atoms with Crippen LogP contribution in [-0.2, 0) is 11.2 Å². The van der Waals surface area contributed by atoms with E-state index in [1.165, 1.54) is 30.0 Å². The zero-order valence-corrected chi connectivity index (χ0v) is 16.9. The summed E-state index contributed by atoms with van der Waals surface area (Å²) >= 11 is 8.50. The molecule has 27 heavy (non-hydrogen) atoms. The molecule has 3 rings (SSSR count). The molecule has 0 saturated heterocycles. The summed E-state index contributed by atoms with van der Waals surface area (Å²) in [4.78, 5) is 24.1. The van der Waals surface area contributed by atoms with Crippen LogP contribution in [0.3, 0.4) is 0 Å². The lowest BCUT2D eigenvalue weighted by atomic mass is 10.3. The maximum atomic E-state index is 12.4. The number of aromatic nitrogens is 3. The van der Waals surface area contributed by atoms with Gasteiger partial charge in [-0.15, -0.1) is 21.5 Å². The molecule has 0 atom stereocenters. The van der Waals surface area contributed by atoms with Gasteiger partial charge in [0.05, 0.1) is 15.0 Å². The minimum Gasteiger partial charge on any atom is -0.356 e. The summed E-state index contributed by atoms with van der Waals surface area (Å²) in [6.07, 6.45) is 0.538. The molecule has 0 aliphatic carbocycles. The number of ketones is 1. The van der Waals surface area contributed by atoms with E-state index in [1.807, 2.05) is 34.9 Å². The van der Waals surface area contributed by atoms with Gasteiger partial charge in [-0.25, -0.2) is 0 Å². The van der Waals surface area contributed by atoms with E-state index in [2.05, 4.69) is 15.5 Å². The zero-order chi connectivity index (χ0) is 19.2. The van der Waals surface area contributed by atoms with E-state index in [4.69, 9.17) is 11.6 Å². The second-order valence-electron chi connectivity index (χ2n) is 5.62. The van der Waals surface area contributed by atoms with Gasteiger partial charge in [-0.05, 0) is 24.3 Å². The molecule has 1 aromatic carbocycles. The minimum absolute atomic E-state index is 0.000641. The quantitative estimate of drug-likeness (QED) is 0.444. The molecule has 9 heteroatoms. The number of nitrogens with zero attached hydrogens (tertiary/aromatic N) is 3. The standard InChI is InChI=1S/C18H17ClN4O2S2/c1-12(24)20-10-9-17-21-22-18(23(17)13-5-3-2-4-6-13)26-11-14(25)15-7-8-16(19)27-15/h2-8H,9-11H2,1H3,(H,20,24). The first-order chi connectivity index (χ1) is 13.0. The number of benzene rings is 1. The fourth-order valence-electron chi connectivity index (χ4n) is 2.41. The van der Waals surface area contributed by atoms with Gasteiger partial charge in [0.1, 0.15) is 5.82 Å². The van der Waals surface area contributed by atoms with E-state index in [0.717, 1.165) is 11.5 Å². The SMILES string of the molecule is CC(=O)NCCc1nnc(SCC(=O)c2ccc(Cl)s2)n1-c1ccccc1. The number of carbonyl (C=O) groups excluding carboxylic acids is 2. The van der Waals surface area contributed by atoms with Crippen molar-refractivity contribution in [2.45, 2.75) is 18.5 Å². The van der Waals surface area contributed by atoms with E-state index in [1.54, 1.807) is 12.1 Å². The Bertz CT molecular complexity index is 940. The molecule has 2 aromatic heterocycles. The number of rotatable bonds is 8. The Morgan fingerprint density at radius 1 is 1.19 bits per heavy atom. The van der Waals surface area contributed by atoms with Crippen LogP contribution in [0.15, 0.2) is 47.6 Å². The number of Topliss-reactive ketones (excluding diaryl/α,β-unsaturated/α-hetero) is 1. The number of amides is 1. The molecule has 2 heterocycles. The maximum absolute atomic E-state index is 12.4. The first-order valence-corrected chi connectivity index (χ1v) is 10.4. The van der Waals surface area contributed by atoms with Crippen LogP contribution in [0.25, 0.3) is 5.69 Å². The molecule has 0 fully saturated rings. The molecule has 0 saturated carbocycles. The third-order valence-corrected chi connectivity index (χ3v) is 5.82. The second kappa shape index (κ2) is 9.16. The second-order valence-corrected chi connectivity index (χ2v) is 8.28. The van der Waals surface area contributed by atoms with Gasteiger partial charge >= 0.3 is 0 Å². The smallest absolute Gasteiger partial charge is 0.216 e. The normalized spacial score (nSPS) is 10.7. The van der Waals surface area contributed by atoms with Gasteiger partial charge in [-0.1, -0.05) is 41.6 Å². The van der Waals surface area contributed by atoms with Crippen LogP contribution in [0.2, 0.25) is 4.34 Å². The number of halogens is 1. The molecule has 0 aliphatic heterocycles. The first-order valence-electron chi connectivity index (χ1n) is 8.20. The van der Waals surface area contributed by atoms with Gasteiger partial charge < -0.3 is 5.32 Å². The number of thioether (sulfide) groups is 1. The van der Waals surface area contributed by atoms with Crippen LogP contribution in [0.5, 0.6) is 0 Å². The van der Waals surface area contributed by atoms with Crippen LogP contribution < -0.4 is 5.32 Å². The van der Waals surface area contributed by atoms with Crippen molar-refractivity contribution in [2.75, 3.05) is 12.3 Å². The monoisotopic (exact) mass is 420 g/mol. The molecule has 0 spiro atoms. The van der Waals surface area contributed by atoms with Gasteiger partial charge in [-0.3, -0.25) is 14.2 Å². The number of carbonyl (C=O) groups is 2. The summed E-state index contributed by atoms with van der Waals surface area (Å²) in [6, 6.07) is 13.2. The fraction of sp³-hybridized carbons (Fsp3) is 0.222. The van der Waals surface area contributed by atoms with Crippen molar-refractivity contribution in [3.8, 4) is 5.69 Å². The minimum atomic E-state index is -0.0874. The van der Waals surface area contributed by atoms with Crippen LogP contribution in [0.1, 0.15) is 22.4 Å². The van der Waals surface area contributed by atoms with Crippen molar-refractivity contribution in [2.24, 2.45) is 0 Å². The molecule has 0 aliphatic rings. The van der Waals surface area contributed by atoms with Crippen molar-refractivity contribution >= 4 is 46.4 Å². The first kappa shape index (κ1) is 19.6. The Balaban J connectivity index is 1.78. The van der Waals surface area contributed by atoms with Gasteiger partial charge in [0.2, 0.25) is 5.91 Å². The van der Waals surface area contributed by atoms with E-state index in [-0.39, 0.29) is 17.4 Å². The predicted molar refractivity (Wildman–Crippen MR) is 108 cm³/mol. The Labute approximate surface area is 170 Å². The topological polar surface area (TPSA) is 76.9 Å². The van der Waals surface area contributed by atoms with Gasteiger partial charge in [0.15, 0.2) is 10.9 Å². The Morgan fingerprint density at radius 3 is 2.63 bits per heavy atom. The lowest BCUT2D eigenvalue weighted by Gasteiger charge is -2.10. The molecule has 1 N–H and O–H groups in total.